The molecule has 0 radical (unpaired) electrons. The topological polar surface area (TPSA) is 85.0 Å². The number of nitrogens with one attached hydrogen (secondary N) is 2. The molecule has 5 rings (SSSR count). The van der Waals surface area contributed by atoms with Crippen LogP contribution in [-0.4, -0.2) is 84.9 Å². The summed E-state index contributed by atoms with van der Waals surface area (Å²) in [5.74, 6) is -0.707. The number of nitrogens with zero attached hydrogens (tertiary/aromatic N) is 3. The number of halogens is 1. The molecule has 2 N–H and O–H groups in total. The summed E-state index contributed by atoms with van der Waals surface area (Å²) in [7, 11) is 0. The minimum Gasteiger partial charge on any atom is -0.368 e. The van der Waals surface area contributed by atoms with E-state index in [4.69, 9.17) is 0 Å². The fourth-order valence-electron chi connectivity index (χ4n) is 5.55. The van der Waals surface area contributed by atoms with Crippen molar-refractivity contribution >= 4 is 23.4 Å². The van der Waals surface area contributed by atoms with E-state index in [1.165, 1.54) is 23.9 Å². The summed E-state index contributed by atoms with van der Waals surface area (Å²) in [6.45, 7) is 4.07. The smallest absolute Gasteiger partial charge is 0.251 e. The van der Waals surface area contributed by atoms with Crippen molar-refractivity contribution in [3.8, 4) is 0 Å². The first-order valence-electron chi connectivity index (χ1n) is 12.7. The Morgan fingerprint density at radius 1 is 1.03 bits per heavy atom. The molecule has 3 aliphatic heterocycles. The summed E-state index contributed by atoms with van der Waals surface area (Å²) in [4.78, 5) is 44.4. The lowest BCUT2D eigenvalue weighted by molar-refractivity contribution is -0.132. The van der Waals surface area contributed by atoms with Gasteiger partial charge in [-0.05, 0) is 43.2 Å². The fourth-order valence-corrected chi connectivity index (χ4v) is 5.55. The van der Waals surface area contributed by atoms with Crippen LogP contribution < -0.4 is 15.5 Å². The van der Waals surface area contributed by atoms with Crippen LogP contribution in [0.4, 0.5) is 10.1 Å². The predicted octanol–water partition coefficient (Wildman–Crippen LogP) is 1.63. The third-order valence-electron chi connectivity index (χ3n) is 7.49. The molecule has 9 heteroatoms. The molecule has 3 heterocycles. The lowest BCUT2D eigenvalue weighted by Gasteiger charge is -2.38. The maximum atomic E-state index is 13.5. The van der Waals surface area contributed by atoms with Crippen molar-refractivity contribution in [3.05, 3.63) is 66.0 Å². The van der Waals surface area contributed by atoms with Crippen molar-refractivity contribution < 1.29 is 18.8 Å². The Morgan fingerprint density at radius 2 is 1.81 bits per heavy atom. The molecule has 3 unspecified atom stereocenters. The average Bonchev–Trinajstić information content (AvgIpc) is 3.33. The van der Waals surface area contributed by atoms with Gasteiger partial charge in [0.15, 0.2) is 0 Å². The number of hydrogen-bond donors (Lipinski definition) is 2. The van der Waals surface area contributed by atoms with Gasteiger partial charge in [-0.1, -0.05) is 24.3 Å². The van der Waals surface area contributed by atoms with Crippen molar-refractivity contribution in [2.75, 3.05) is 44.2 Å². The number of rotatable bonds is 6. The Labute approximate surface area is 210 Å². The highest BCUT2D eigenvalue weighted by Crippen LogP contribution is 2.26. The summed E-state index contributed by atoms with van der Waals surface area (Å²) in [5, 5.41) is 5.92. The summed E-state index contributed by atoms with van der Waals surface area (Å²) in [6.07, 6.45) is 1.58. The van der Waals surface area contributed by atoms with Gasteiger partial charge in [0.2, 0.25) is 11.8 Å². The Kier molecular flexibility index (Phi) is 7.18. The second kappa shape index (κ2) is 10.7. The maximum absolute atomic E-state index is 13.5. The Morgan fingerprint density at radius 3 is 2.56 bits per heavy atom. The van der Waals surface area contributed by atoms with Gasteiger partial charge in [-0.15, -0.1) is 0 Å². The van der Waals surface area contributed by atoms with Crippen molar-refractivity contribution in [2.24, 2.45) is 0 Å². The molecule has 3 atom stereocenters. The first-order chi connectivity index (χ1) is 17.5. The van der Waals surface area contributed by atoms with Crippen molar-refractivity contribution in [2.45, 2.75) is 37.4 Å². The van der Waals surface area contributed by atoms with Gasteiger partial charge in [-0.3, -0.25) is 19.3 Å². The van der Waals surface area contributed by atoms with Crippen LogP contribution in [0.5, 0.6) is 0 Å². The highest BCUT2D eigenvalue weighted by atomic mass is 19.1. The van der Waals surface area contributed by atoms with Gasteiger partial charge >= 0.3 is 0 Å². The monoisotopic (exact) mass is 493 g/mol. The van der Waals surface area contributed by atoms with E-state index < -0.39 is 5.82 Å². The summed E-state index contributed by atoms with van der Waals surface area (Å²) in [5.41, 5.74) is 1.44. The molecule has 36 heavy (non-hydrogen) atoms. The minimum absolute atomic E-state index is 0.0401. The predicted molar refractivity (Wildman–Crippen MR) is 134 cm³/mol. The van der Waals surface area contributed by atoms with Crippen LogP contribution in [0, 0.1) is 5.82 Å². The van der Waals surface area contributed by atoms with Gasteiger partial charge in [-0.2, -0.15) is 0 Å². The highest BCUT2D eigenvalue weighted by Gasteiger charge is 2.44. The van der Waals surface area contributed by atoms with Crippen LogP contribution in [0.2, 0.25) is 0 Å². The zero-order valence-corrected chi connectivity index (χ0v) is 20.2. The standard InChI is InChI=1S/C27H32FN5O3/c28-20-6-4-5-19(15-20)26(35)30-21-16-24-27(36)29-17-23(33(24)18-21)9-10-25(34)32-13-11-31(12-14-32)22-7-2-1-3-8-22/h1-8,15,21,23-24H,9-14,16-18H2,(H,29,36)(H,30,35). The van der Waals surface area contributed by atoms with E-state index in [-0.39, 0.29) is 41.4 Å². The fraction of sp³-hybridized carbons (Fsp3) is 0.444. The lowest BCUT2D eigenvalue weighted by atomic mass is 10.0. The zero-order chi connectivity index (χ0) is 25.1. The van der Waals surface area contributed by atoms with Crippen LogP contribution in [0.3, 0.4) is 0 Å². The van der Waals surface area contributed by atoms with E-state index in [0.29, 0.717) is 45.4 Å². The van der Waals surface area contributed by atoms with Crippen LogP contribution in [0.1, 0.15) is 29.6 Å². The first kappa shape index (κ1) is 24.2. The van der Waals surface area contributed by atoms with Crippen molar-refractivity contribution in [1.29, 1.82) is 0 Å². The average molecular weight is 494 g/mol. The lowest BCUT2D eigenvalue weighted by Crippen LogP contribution is -2.58. The van der Waals surface area contributed by atoms with E-state index in [1.807, 2.05) is 23.1 Å². The van der Waals surface area contributed by atoms with Gasteiger partial charge in [0.05, 0.1) is 6.04 Å². The number of piperazine rings is 2. The maximum Gasteiger partial charge on any atom is 0.251 e. The highest BCUT2D eigenvalue weighted by molar-refractivity contribution is 5.94. The molecule has 0 aromatic heterocycles. The summed E-state index contributed by atoms with van der Waals surface area (Å²) < 4.78 is 13.5. The van der Waals surface area contributed by atoms with Gasteiger partial charge < -0.3 is 20.4 Å². The molecular formula is C27H32FN5O3. The molecule has 2 aromatic rings. The zero-order valence-electron chi connectivity index (χ0n) is 20.2. The molecule has 3 amide bonds. The number of amides is 3. The molecule has 3 fully saturated rings. The van der Waals surface area contributed by atoms with Gasteiger partial charge in [0.25, 0.3) is 5.91 Å². The molecule has 190 valence electrons. The molecule has 0 bridgehead atoms. The van der Waals surface area contributed by atoms with Crippen molar-refractivity contribution in [1.82, 2.24) is 20.4 Å². The minimum atomic E-state index is -0.461. The number of carbonyl (C=O) groups excluding carboxylic acids is 3. The van der Waals surface area contributed by atoms with Crippen LogP contribution in [-0.2, 0) is 9.59 Å². The number of para-hydroxylation sites is 1. The second-order valence-corrected chi connectivity index (χ2v) is 9.77. The third kappa shape index (κ3) is 5.36. The van der Waals surface area contributed by atoms with E-state index >= 15 is 0 Å². The SMILES string of the molecule is O=C(NC1CC2C(=O)NCC(CCC(=O)N3CCN(c4ccccc4)CC3)N2C1)c1cccc(F)c1. The summed E-state index contributed by atoms with van der Waals surface area (Å²) >= 11 is 0. The second-order valence-electron chi connectivity index (χ2n) is 9.77. The number of fused-ring (bicyclic) bond motifs is 1. The first-order valence-corrected chi connectivity index (χ1v) is 12.7. The molecule has 3 saturated heterocycles. The number of anilines is 1. The normalized spacial score (nSPS) is 24.2. The number of benzene rings is 2. The van der Waals surface area contributed by atoms with E-state index in [0.717, 1.165) is 13.1 Å². The quantitative estimate of drug-likeness (QED) is 0.639. The van der Waals surface area contributed by atoms with E-state index in [1.54, 1.807) is 6.07 Å². The largest absolute Gasteiger partial charge is 0.368 e. The van der Waals surface area contributed by atoms with E-state index in [9.17, 15) is 18.8 Å². The molecular weight excluding hydrogens is 461 g/mol. The Hall–Kier alpha value is -3.46. The Balaban J connectivity index is 1.12. The molecule has 0 aliphatic carbocycles. The van der Waals surface area contributed by atoms with Crippen LogP contribution in [0.15, 0.2) is 54.6 Å². The van der Waals surface area contributed by atoms with E-state index in [2.05, 4.69) is 32.6 Å². The molecule has 0 spiro atoms. The molecule has 3 aliphatic rings. The van der Waals surface area contributed by atoms with Crippen molar-refractivity contribution in [3.63, 3.8) is 0 Å². The van der Waals surface area contributed by atoms with Gasteiger partial charge in [0, 0.05) is 69.0 Å². The van der Waals surface area contributed by atoms with Crippen LogP contribution >= 0.6 is 0 Å². The Bertz CT molecular complexity index is 1110. The molecule has 0 saturated carbocycles. The van der Waals surface area contributed by atoms with Gasteiger partial charge in [-0.25, -0.2) is 4.39 Å². The number of hydrogen-bond acceptors (Lipinski definition) is 5. The molecule has 8 nitrogen and oxygen atoms in total. The summed E-state index contributed by atoms with van der Waals surface area (Å²) in [6, 6.07) is 15.3. The molecule has 2 aromatic carbocycles. The van der Waals surface area contributed by atoms with Crippen LogP contribution in [0.25, 0.3) is 0 Å². The number of carbonyl (C=O) groups is 3. The third-order valence-corrected chi connectivity index (χ3v) is 7.49. The van der Waals surface area contributed by atoms with Gasteiger partial charge in [0.1, 0.15) is 5.82 Å².